The Morgan fingerprint density at radius 2 is 1.83 bits per heavy atom. The number of carbonyl (C=O) groups is 2. The molecular formula is C16H14ClNO5. The summed E-state index contributed by atoms with van der Waals surface area (Å²) < 4.78 is 5.74. The zero-order chi connectivity index (χ0) is 17.0. The van der Waals surface area contributed by atoms with Crippen LogP contribution in [0.15, 0.2) is 41.2 Å². The Labute approximate surface area is 136 Å². The van der Waals surface area contributed by atoms with E-state index in [4.69, 9.17) is 11.6 Å². The van der Waals surface area contributed by atoms with Gasteiger partial charge in [0.2, 0.25) is 0 Å². The minimum atomic E-state index is -1.26. The summed E-state index contributed by atoms with van der Waals surface area (Å²) in [7, 11) is 1.30. The molecule has 120 valence electrons. The molecule has 0 saturated heterocycles. The van der Waals surface area contributed by atoms with Gasteiger partial charge in [-0.3, -0.25) is 4.79 Å². The lowest BCUT2D eigenvalue weighted by Crippen LogP contribution is -2.26. The fourth-order valence-electron chi connectivity index (χ4n) is 2.16. The second-order valence-electron chi connectivity index (χ2n) is 4.76. The first-order valence-electron chi connectivity index (χ1n) is 6.74. The number of aryl methyl sites for hydroxylation is 1. The average molecular weight is 336 g/mol. The van der Waals surface area contributed by atoms with Crippen LogP contribution < -0.4 is 5.56 Å². The monoisotopic (exact) mass is 335 g/mol. The Kier molecular flexibility index (Phi) is 5.18. The molecule has 0 atom stereocenters. The first-order valence-corrected chi connectivity index (χ1v) is 7.11. The van der Waals surface area contributed by atoms with E-state index in [1.165, 1.54) is 19.2 Å². The molecule has 1 aromatic heterocycles. The number of nitrogens with zero attached hydrogens (tertiary/aromatic N) is 1. The molecule has 0 aliphatic heterocycles. The molecule has 23 heavy (non-hydrogen) atoms. The van der Waals surface area contributed by atoms with Gasteiger partial charge in [0.25, 0.3) is 5.56 Å². The van der Waals surface area contributed by atoms with Crippen LogP contribution in [-0.2, 0) is 17.7 Å². The number of carboxylic acid groups (broad SMARTS) is 1. The van der Waals surface area contributed by atoms with Gasteiger partial charge in [0.15, 0.2) is 0 Å². The van der Waals surface area contributed by atoms with E-state index in [-0.39, 0.29) is 17.3 Å². The molecule has 0 aliphatic rings. The van der Waals surface area contributed by atoms with E-state index in [2.05, 4.69) is 4.74 Å². The topological polar surface area (TPSA) is 85.6 Å². The third kappa shape index (κ3) is 3.78. The van der Waals surface area contributed by atoms with Crippen molar-refractivity contribution in [2.24, 2.45) is 0 Å². The maximum atomic E-state index is 11.9. The van der Waals surface area contributed by atoms with Gasteiger partial charge >= 0.3 is 11.9 Å². The van der Waals surface area contributed by atoms with Gasteiger partial charge in [-0.1, -0.05) is 23.7 Å². The zero-order valence-corrected chi connectivity index (χ0v) is 13.0. The van der Waals surface area contributed by atoms with E-state index in [1.54, 1.807) is 24.3 Å². The maximum Gasteiger partial charge on any atom is 0.354 e. The minimum Gasteiger partial charge on any atom is -0.477 e. The quantitative estimate of drug-likeness (QED) is 0.847. The number of hydrogen-bond acceptors (Lipinski definition) is 4. The summed E-state index contributed by atoms with van der Waals surface area (Å²) in [6, 6.07) is 9.18. The van der Waals surface area contributed by atoms with E-state index in [1.807, 2.05) is 0 Å². The summed E-state index contributed by atoms with van der Waals surface area (Å²) in [6.07, 6.45) is 0.419. The number of ether oxygens (including phenoxy) is 1. The summed E-state index contributed by atoms with van der Waals surface area (Å²) in [6.45, 7) is 0.165. The van der Waals surface area contributed by atoms with Crippen LogP contribution in [0.25, 0.3) is 0 Å². The number of hydrogen-bond donors (Lipinski definition) is 1. The normalized spacial score (nSPS) is 10.3. The predicted octanol–water partition coefficient (Wildman–Crippen LogP) is 2.23. The number of halogens is 1. The number of carbonyl (C=O) groups excluding carboxylic acids is 1. The Hall–Kier alpha value is -2.60. The molecule has 0 spiro atoms. The van der Waals surface area contributed by atoms with Crippen molar-refractivity contribution in [3.8, 4) is 0 Å². The molecule has 2 rings (SSSR count). The van der Waals surface area contributed by atoms with Crippen LogP contribution in [0, 0.1) is 0 Å². The SMILES string of the molecule is COC(=O)c1ccc(CCn2c(C(=O)O)c(Cl)ccc2=O)cc1. The van der Waals surface area contributed by atoms with Gasteiger partial charge < -0.3 is 14.4 Å². The molecule has 1 heterocycles. The lowest BCUT2D eigenvalue weighted by atomic mass is 10.1. The van der Waals surface area contributed by atoms with E-state index >= 15 is 0 Å². The van der Waals surface area contributed by atoms with Gasteiger partial charge in [-0.15, -0.1) is 0 Å². The van der Waals surface area contributed by atoms with Crippen LogP contribution in [0.1, 0.15) is 26.4 Å². The Morgan fingerprint density at radius 3 is 2.39 bits per heavy atom. The molecule has 0 saturated carbocycles. The lowest BCUT2D eigenvalue weighted by Gasteiger charge is -2.11. The molecule has 7 heteroatoms. The molecule has 1 N–H and O–H groups in total. The van der Waals surface area contributed by atoms with Crippen LogP contribution in [0.3, 0.4) is 0 Å². The second-order valence-corrected chi connectivity index (χ2v) is 5.17. The van der Waals surface area contributed by atoms with E-state index in [0.717, 1.165) is 10.1 Å². The van der Waals surface area contributed by atoms with Crippen LogP contribution in [0.2, 0.25) is 5.02 Å². The predicted molar refractivity (Wildman–Crippen MR) is 84.2 cm³/mol. The number of rotatable bonds is 5. The highest BCUT2D eigenvalue weighted by atomic mass is 35.5. The van der Waals surface area contributed by atoms with Gasteiger partial charge in [0.1, 0.15) is 5.69 Å². The Morgan fingerprint density at radius 1 is 1.17 bits per heavy atom. The van der Waals surface area contributed by atoms with Crippen molar-refractivity contribution >= 4 is 23.5 Å². The summed E-state index contributed by atoms with van der Waals surface area (Å²) in [5, 5.41) is 9.21. The van der Waals surface area contributed by atoms with Crippen LogP contribution in [0.5, 0.6) is 0 Å². The van der Waals surface area contributed by atoms with Crippen LogP contribution >= 0.6 is 11.6 Å². The third-order valence-corrected chi connectivity index (χ3v) is 3.64. The van der Waals surface area contributed by atoms with Gasteiger partial charge in [-0.05, 0) is 30.2 Å². The summed E-state index contributed by atoms with van der Waals surface area (Å²) in [4.78, 5) is 34.5. The molecule has 0 radical (unpaired) electrons. The van der Waals surface area contributed by atoms with Crippen molar-refractivity contribution in [3.63, 3.8) is 0 Å². The van der Waals surface area contributed by atoms with Crippen molar-refractivity contribution < 1.29 is 19.4 Å². The fourth-order valence-corrected chi connectivity index (χ4v) is 2.40. The lowest BCUT2D eigenvalue weighted by molar-refractivity contribution is 0.0599. The van der Waals surface area contributed by atoms with Crippen molar-refractivity contribution in [1.82, 2.24) is 4.57 Å². The number of benzene rings is 1. The fraction of sp³-hybridized carbons (Fsp3) is 0.188. The summed E-state index contributed by atoms with van der Waals surface area (Å²) in [5.74, 6) is -1.69. The van der Waals surface area contributed by atoms with Crippen molar-refractivity contribution in [2.75, 3.05) is 7.11 Å². The van der Waals surface area contributed by atoms with Crippen molar-refractivity contribution in [1.29, 1.82) is 0 Å². The molecule has 0 fully saturated rings. The zero-order valence-electron chi connectivity index (χ0n) is 12.3. The van der Waals surface area contributed by atoms with Gasteiger partial charge in [-0.25, -0.2) is 9.59 Å². The second kappa shape index (κ2) is 7.11. The Bertz CT molecular complexity index is 795. The molecule has 6 nitrogen and oxygen atoms in total. The first-order chi connectivity index (χ1) is 10.9. The summed E-state index contributed by atoms with van der Waals surface area (Å²) in [5.41, 5.74) is 0.603. The number of pyridine rings is 1. The van der Waals surface area contributed by atoms with Crippen molar-refractivity contribution in [3.05, 3.63) is 68.6 Å². The number of aromatic carboxylic acids is 1. The van der Waals surface area contributed by atoms with Gasteiger partial charge in [0.05, 0.1) is 17.7 Å². The largest absolute Gasteiger partial charge is 0.477 e. The summed E-state index contributed by atoms with van der Waals surface area (Å²) >= 11 is 5.86. The number of aromatic nitrogens is 1. The molecule has 0 unspecified atom stereocenters. The third-order valence-electron chi connectivity index (χ3n) is 3.34. The average Bonchev–Trinajstić information content (AvgIpc) is 2.54. The number of carboxylic acids is 1. The molecule has 2 aromatic rings. The Balaban J connectivity index is 2.21. The molecule has 0 amide bonds. The van der Waals surface area contributed by atoms with E-state index < -0.39 is 17.5 Å². The highest BCUT2D eigenvalue weighted by Gasteiger charge is 2.15. The molecular weight excluding hydrogens is 322 g/mol. The van der Waals surface area contributed by atoms with Crippen LogP contribution in [0.4, 0.5) is 0 Å². The molecule has 0 bridgehead atoms. The molecule has 0 aliphatic carbocycles. The number of esters is 1. The minimum absolute atomic E-state index is 0.0122. The van der Waals surface area contributed by atoms with E-state index in [9.17, 15) is 19.5 Å². The number of methoxy groups -OCH3 is 1. The van der Waals surface area contributed by atoms with Gasteiger partial charge in [-0.2, -0.15) is 0 Å². The standard InChI is InChI=1S/C16H14ClNO5/c1-23-16(22)11-4-2-10(3-5-11)8-9-18-13(19)7-6-12(17)14(18)15(20)21/h2-7H,8-9H2,1H3,(H,20,21). The van der Waals surface area contributed by atoms with Crippen molar-refractivity contribution in [2.45, 2.75) is 13.0 Å². The van der Waals surface area contributed by atoms with Crippen LogP contribution in [-0.4, -0.2) is 28.7 Å². The molecule has 1 aromatic carbocycles. The highest BCUT2D eigenvalue weighted by molar-refractivity contribution is 6.33. The smallest absolute Gasteiger partial charge is 0.354 e. The highest BCUT2D eigenvalue weighted by Crippen LogP contribution is 2.14. The van der Waals surface area contributed by atoms with E-state index in [0.29, 0.717) is 12.0 Å². The first kappa shape index (κ1) is 16.8. The van der Waals surface area contributed by atoms with Gasteiger partial charge in [0, 0.05) is 12.6 Å². The maximum absolute atomic E-state index is 11.9.